The molecule has 0 bridgehead atoms. The Balaban J connectivity index is 2.98. The van der Waals surface area contributed by atoms with Gasteiger partial charge in [0.25, 0.3) is 0 Å². The van der Waals surface area contributed by atoms with E-state index in [9.17, 15) is 0 Å². The van der Waals surface area contributed by atoms with Gasteiger partial charge in [0.15, 0.2) is 0 Å². The van der Waals surface area contributed by atoms with E-state index in [4.69, 9.17) is 0 Å². The van der Waals surface area contributed by atoms with Crippen molar-refractivity contribution in [1.29, 1.82) is 0 Å². The Labute approximate surface area is 81.4 Å². The highest BCUT2D eigenvalue weighted by Gasteiger charge is 2.20. The molecule has 0 fully saturated rings. The Morgan fingerprint density at radius 3 is 2.62 bits per heavy atom. The lowest BCUT2D eigenvalue weighted by molar-refractivity contribution is 0.456. The smallest absolute Gasteiger partial charge is 0.0425 e. The summed E-state index contributed by atoms with van der Waals surface area (Å²) in [5, 5.41) is 0. The molecule has 0 aromatic heterocycles. The van der Waals surface area contributed by atoms with Crippen LogP contribution in [0.15, 0.2) is 36.1 Å². The van der Waals surface area contributed by atoms with Crippen molar-refractivity contribution >= 4 is 0 Å². The predicted octanol–water partition coefficient (Wildman–Crippen LogP) is 2.97. The lowest BCUT2D eigenvalue weighted by Gasteiger charge is -2.21. The van der Waals surface area contributed by atoms with Crippen molar-refractivity contribution in [2.45, 2.75) is 20.3 Å². The van der Waals surface area contributed by atoms with Gasteiger partial charge >= 0.3 is 0 Å². The van der Waals surface area contributed by atoms with Crippen molar-refractivity contribution in [2.24, 2.45) is 5.92 Å². The zero-order valence-corrected chi connectivity index (χ0v) is 8.93. The van der Waals surface area contributed by atoms with E-state index in [1.165, 1.54) is 16.8 Å². The minimum atomic E-state index is 0.519. The lowest BCUT2D eigenvalue weighted by Crippen LogP contribution is -2.16. The van der Waals surface area contributed by atoms with Crippen molar-refractivity contribution in [3.05, 3.63) is 36.1 Å². The summed E-state index contributed by atoms with van der Waals surface area (Å²) in [4.78, 5) is 2.28. The maximum absolute atomic E-state index is 4.14. The van der Waals surface area contributed by atoms with E-state index in [0.717, 1.165) is 13.0 Å². The summed E-state index contributed by atoms with van der Waals surface area (Å²) in [6, 6.07) is 0. The summed E-state index contributed by atoms with van der Waals surface area (Å²) in [6.07, 6.45) is 3.08. The molecule has 0 saturated carbocycles. The molecule has 0 unspecified atom stereocenters. The quantitative estimate of drug-likeness (QED) is 0.640. The first-order valence-electron chi connectivity index (χ1n) is 4.83. The molecule has 1 rings (SSSR count). The minimum absolute atomic E-state index is 0.519. The molecule has 0 radical (unpaired) electrons. The third-order valence-corrected chi connectivity index (χ3v) is 2.65. The van der Waals surface area contributed by atoms with Crippen LogP contribution in [0.4, 0.5) is 0 Å². The van der Waals surface area contributed by atoms with Crippen LogP contribution in [0.2, 0.25) is 0 Å². The van der Waals surface area contributed by atoms with Gasteiger partial charge in [0.2, 0.25) is 0 Å². The van der Waals surface area contributed by atoms with E-state index >= 15 is 0 Å². The number of hydrogen-bond donors (Lipinski definition) is 0. The van der Waals surface area contributed by atoms with Crippen LogP contribution in [-0.4, -0.2) is 18.5 Å². The molecule has 0 atom stereocenters. The van der Waals surface area contributed by atoms with Gasteiger partial charge in [-0.3, -0.25) is 0 Å². The molecule has 0 N–H and O–H groups in total. The van der Waals surface area contributed by atoms with Crippen LogP contribution in [0.1, 0.15) is 20.3 Å². The molecule has 0 aliphatic carbocycles. The monoisotopic (exact) mass is 177 g/mol. The highest BCUT2D eigenvalue weighted by Crippen LogP contribution is 2.30. The Morgan fingerprint density at radius 1 is 1.54 bits per heavy atom. The maximum Gasteiger partial charge on any atom is 0.0425 e. The summed E-state index contributed by atoms with van der Waals surface area (Å²) in [5.74, 6) is 0.519. The van der Waals surface area contributed by atoms with Crippen molar-refractivity contribution in [3.63, 3.8) is 0 Å². The van der Waals surface area contributed by atoms with Crippen molar-refractivity contribution in [3.8, 4) is 0 Å². The number of hydrogen-bond acceptors (Lipinski definition) is 1. The summed E-state index contributed by atoms with van der Waals surface area (Å²) in [5.41, 5.74) is 3.89. The Kier molecular flexibility index (Phi) is 2.97. The standard InChI is InChI=1S/C12H19N/c1-6-11-7-8-13(5)12(11)10(4)9(2)3/h6,9H,1,4,7-8H2,2-3,5H3. The number of rotatable bonds is 3. The van der Waals surface area contributed by atoms with Crippen LogP contribution in [0.5, 0.6) is 0 Å². The van der Waals surface area contributed by atoms with E-state index in [2.05, 4.69) is 39.0 Å². The average molecular weight is 177 g/mol. The van der Waals surface area contributed by atoms with Crippen molar-refractivity contribution in [1.82, 2.24) is 4.90 Å². The summed E-state index contributed by atoms with van der Waals surface area (Å²) < 4.78 is 0. The largest absolute Gasteiger partial charge is 0.374 e. The number of allylic oxidation sites excluding steroid dienone is 2. The topological polar surface area (TPSA) is 3.24 Å². The van der Waals surface area contributed by atoms with Gasteiger partial charge in [0.05, 0.1) is 0 Å². The molecule has 13 heavy (non-hydrogen) atoms. The molecular weight excluding hydrogens is 158 g/mol. The first kappa shape index (κ1) is 10.1. The predicted molar refractivity (Wildman–Crippen MR) is 58.4 cm³/mol. The third kappa shape index (κ3) is 1.85. The molecular formula is C12H19N. The fraction of sp³-hybridized carbons (Fsp3) is 0.500. The van der Waals surface area contributed by atoms with Gasteiger partial charge in [0, 0.05) is 19.3 Å². The summed E-state index contributed by atoms with van der Waals surface area (Å²) in [7, 11) is 2.12. The third-order valence-electron chi connectivity index (χ3n) is 2.65. The van der Waals surface area contributed by atoms with Crippen LogP contribution >= 0.6 is 0 Å². The van der Waals surface area contributed by atoms with E-state index < -0.39 is 0 Å². The number of nitrogens with zero attached hydrogens (tertiary/aromatic N) is 1. The first-order chi connectivity index (χ1) is 6.07. The fourth-order valence-corrected chi connectivity index (χ4v) is 1.69. The Bertz CT molecular complexity index is 258. The van der Waals surface area contributed by atoms with E-state index in [1.54, 1.807) is 0 Å². The summed E-state index contributed by atoms with van der Waals surface area (Å²) in [6.45, 7) is 13.4. The Morgan fingerprint density at radius 2 is 2.15 bits per heavy atom. The molecule has 1 heteroatoms. The maximum atomic E-state index is 4.14. The van der Waals surface area contributed by atoms with Gasteiger partial charge < -0.3 is 4.90 Å². The second-order valence-electron chi connectivity index (χ2n) is 3.93. The van der Waals surface area contributed by atoms with E-state index in [-0.39, 0.29) is 0 Å². The Hall–Kier alpha value is -0.980. The SMILES string of the molecule is C=CC1=C(C(=C)C(C)C)N(C)CC1. The fourth-order valence-electron chi connectivity index (χ4n) is 1.69. The van der Waals surface area contributed by atoms with Gasteiger partial charge in [-0.1, -0.05) is 33.1 Å². The molecule has 0 aromatic carbocycles. The molecule has 1 nitrogen and oxygen atoms in total. The highest BCUT2D eigenvalue weighted by molar-refractivity contribution is 5.40. The first-order valence-corrected chi connectivity index (χ1v) is 4.83. The molecule has 1 aliphatic heterocycles. The van der Waals surface area contributed by atoms with Gasteiger partial charge in [-0.05, 0) is 23.5 Å². The normalized spacial score (nSPS) is 17.1. The molecule has 1 aliphatic rings. The molecule has 72 valence electrons. The van der Waals surface area contributed by atoms with Crippen LogP contribution in [0.25, 0.3) is 0 Å². The number of likely N-dealkylation sites (N-methyl/N-ethyl adjacent to an activating group) is 1. The molecule has 0 saturated heterocycles. The molecule has 0 aromatic rings. The highest BCUT2D eigenvalue weighted by atomic mass is 15.1. The molecule has 0 spiro atoms. The second kappa shape index (κ2) is 3.82. The van der Waals surface area contributed by atoms with Crippen LogP contribution in [-0.2, 0) is 0 Å². The lowest BCUT2D eigenvalue weighted by atomic mass is 9.99. The van der Waals surface area contributed by atoms with E-state index in [1.807, 2.05) is 6.08 Å². The van der Waals surface area contributed by atoms with Crippen LogP contribution < -0.4 is 0 Å². The zero-order valence-electron chi connectivity index (χ0n) is 8.93. The van der Waals surface area contributed by atoms with Gasteiger partial charge in [0.1, 0.15) is 0 Å². The average Bonchev–Trinajstić information content (AvgIpc) is 2.45. The zero-order chi connectivity index (χ0) is 10.0. The van der Waals surface area contributed by atoms with Crippen LogP contribution in [0, 0.1) is 5.92 Å². The minimum Gasteiger partial charge on any atom is -0.374 e. The molecule has 1 heterocycles. The second-order valence-corrected chi connectivity index (χ2v) is 3.93. The van der Waals surface area contributed by atoms with Gasteiger partial charge in [-0.15, -0.1) is 0 Å². The van der Waals surface area contributed by atoms with Crippen molar-refractivity contribution in [2.75, 3.05) is 13.6 Å². The van der Waals surface area contributed by atoms with Crippen molar-refractivity contribution < 1.29 is 0 Å². The molecule has 0 amide bonds. The van der Waals surface area contributed by atoms with E-state index in [0.29, 0.717) is 5.92 Å². The summed E-state index contributed by atoms with van der Waals surface area (Å²) >= 11 is 0. The van der Waals surface area contributed by atoms with Crippen LogP contribution in [0.3, 0.4) is 0 Å². The van der Waals surface area contributed by atoms with Gasteiger partial charge in [-0.25, -0.2) is 0 Å². The van der Waals surface area contributed by atoms with Gasteiger partial charge in [-0.2, -0.15) is 0 Å².